The van der Waals surface area contributed by atoms with Crippen molar-refractivity contribution in [1.82, 2.24) is 5.32 Å². The van der Waals surface area contributed by atoms with E-state index in [9.17, 15) is 9.59 Å². The molecule has 0 radical (unpaired) electrons. The molecule has 18 heavy (non-hydrogen) atoms. The number of hydrogen-bond acceptors (Lipinski definition) is 3. The van der Waals surface area contributed by atoms with Crippen molar-refractivity contribution in [2.45, 2.75) is 52.0 Å². The lowest BCUT2D eigenvalue weighted by Gasteiger charge is -2.23. The van der Waals surface area contributed by atoms with Crippen molar-refractivity contribution in [2.75, 3.05) is 6.54 Å². The minimum absolute atomic E-state index is 0.0321. The highest BCUT2D eigenvalue weighted by atomic mass is 16.4. The lowest BCUT2D eigenvalue weighted by molar-refractivity contribution is -0.142. The van der Waals surface area contributed by atoms with E-state index in [1.54, 1.807) is 0 Å². The summed E-state index contributed by atoms with van der Waals surface area (Å²) in [5.41, 5.74) is 5.54. The maximum absolute atomic E-state index is 11.7. The van der Waals surface area contributed by atoms with Crippen molar-refractivity contribution in [3.63, 3.8) is 0 Å². The number of hydrogen-bond donors (Lipinski definition) is 3. The smallest absolute Gasteiger partial charge is 0.326 e. The molecular weight excluding hydrogens is 232 g/mol. The highest BCUT2D eigenvalue weighted by molar-refractivity contribution is 5.84. The first-order valence-electron chi connectivity index (χ1n) is 6.58. The van der Waals surface area contributed by atoms with Crippen LogP contribution in [0.4, 0.5) is 0 Å². The molecule has 1 saturated carbocycles. The molecule has 1 amide bonds. The molecule has 1 aliphatic rings. The molecule has 1 rings (SSSR count). The molecule has 1 atom stereocenters. The van der Waals surface area contributed by atoms with Gasteiger partial charge in [0, 0.05) is 6.42 Å². The van der Waals surface area contributed by atoms with E-state index < -0.39 is 12.0 Å². The fraction of sp³-hybridized carbons (Fsp3) is 0.846. The van der Waals surface area contributed by atoms with Crippen LogP contribution in [-0.2, 0) is 9.59 Å². The molecule has 104 valence electrons. The Balaban J connectivity index is 2.34. The van der Waals surface area contributed by atoms with Gasteiger partial charge < -0.3 is 16.2 Å². The van der Waals surface area contributed by atoms with Gasteiger partial charge in [0.1, 0.15) is 6.04 Å². The third-order valence-corrected chi connectivity index (χ3v) is 3.53. The summed E-state index contributed by atoms with van der Waals surface area (Å²) in [6.45, 7) is 4.75. The lowest BCUT2D eigenvalue weighted by Crippen LogP contribution is -2.42. The topological polar surface area (TPSA) is 92.4 Å². The van der Waals surface area contributed by atoms with Crippen LogP contribution in [0.15, 0.2) is 0 Å². The second-order valence-electron chi connectivity index (χ2n) is 5.92. The van der Waals surface area contributed by atoms with E-state index in [-0.39, 0.29) is 17.2 Å². The zero-order valence-corrected chi connectivity index (χ0v) is 11.2. The monoisotopic (exact) mass is 256 g/mol. The SMILES string of the molecule is CC(C)(CCN)CCC(=O)NC(C(=O)O)C1CC1. The number of nitrogens with two attached hydrogens (primary N) is 1. The van der Waals surface area contributed by atoms with E-state index in [4.69, 9.17) is 10.8 Å². The number of carboxylic acids is 1. The van der Waals surface area contributed by atoms with Crippen LogP contribution in [0.2, 0.25) is 0 Å². The van der Waals surface area contributed by atoms with E-state index in [0.29, 0.717) is 13.0 Å². The molecule has 5 nitrogen and oxygen atoms in total. The lowest BCUT2D eigenvalue weighted by atomic mass is 9.84. The predicted molar refractivity (Wildman–Crippen MR) is 69.0 cm³/mol. The van der Waals surface area contributed by atoms with Crippen molar-refractivity contribution < 1.29 is 14.7 Å². The number of carbonyl (C=O) groups is 2. The number of nitrogens with one attached hydrogen (secondary N) is 1. The highest BCUT2D eigenvalue weighted by Gasteiger charge is 2.37. The minimum atomic E-state index is -0.924. The number of carbonyl (C=O) groups excluding carboxylic acids is 1. The first-order valence-corrected chi connectivity index (χ1v) is 6.58. The van der Waals surface area contributed by atoms with Crippen LogP contribution in [0.1, 0.15) is 46.0 Å². The Hall–Kier alpha value is -1.10. The zero-order valence-electron chi connectivity index (χ0n) is 11.2. The van der Waals surface area contributed by atoms with Crippen molar-refractivity contribution in [3.05, 3.63) is 0 Å². The average Bonchev–Trinajstić information content (AvgIpc) is 3.06. The molecule has 0 spiro atoms. The molecule has 0 aromatic carbocycles. The van der Waals surface area contributed by atoms with Crippen molar-refractivity contribution in [2.24, 2.45) is 17.1 Å². The van der Waals surface area contributed by atoms with Gasteiger partial charge in [-0.1, -0.05) is 13.8 Å². The maximum Gasteiger partial charge on any atom is 0.326 e. The summed E-state index contributed by atoms with van der Waals surface area (Å²) in [5, 5.41) is 11.6. The Bertz CT molecular complexity index is 311. The number of amides is 1. The molecule has 0 aliphatic heterocycles. The fourth-order valence-electron chi connectivity index (χ4n) is 2.02. The molecule has 1 unspecified atom stereocenters. The molecule has 5 heteroatoms. The third kappa shape index (κ3) is 5.04. The summed E-state index contributed by atoms with van der Waals surface area (Å²) >= 11 is 0. The summed E-state index contributed by atoms with van der Waals surface area (Å²) in [6.07, 6.45) is 3.76. The number of carboxylic acid groups (broad SMARTS) is 1. The van der Waals surface area contributed by atoms with Crippen molar-refractivity contribution in [3.8, 4) is 0 Å². The standard InChI is InChI=1S/C13H24N2O3/c1-13(2,7-8-14)6-5-10(16)15-11(12(17)18)9-3-4-9/h9,11H,3-8,14H2,1-2H3,(H,15,16)(H,17,18). The molecule has 0 aromatic rings. The normalized spacial score (nSPS) is 17.3. The Morgan fingerprint density at radius 1 is 1.39 bits per heavy atom. The maximum atomic E-state index is 11.7. The van der Waals surface area contributed by atoms with Gasteiger partial charge in [-0.15, -0.1) is 0 Å². The largest absolute Gasteiger partial charge is 0.480 e. The van der Waals surface area contributed by atoms with Gasteiger partial charge in [0.25, 0.3) is 0 Å². The molecule has 1 fully saturated rings. The van der Waals surface area contributed by atoms with Crippen molar-refractivity contribution in [1.29, 1.82) is 0 Å². The average molecular weight is 256 g/mol. The van der Waals surface area contributed by atoms with Gasteiger partial charge in [0.05, 0.1) is 0 Å². The first kappa shape index (κ1) is 15.0. The van der Waals surface area contributed by atoms with E-state index in [0.717, 1.165) is 25.7 Å². The third-order valence-electron chi connectivity index (χ3n) is 3.53. The van der Waals surface area contributed by atoms with Gasteiger partial charge in [-0.2, -0.15) is 0 Å². The Morgan fingerprint density at radius 3 is 2.44 bits per heavy atom. The predicted octanol–water partition coefficient (Wildman–Crippen LogP) is 1.12. The molecule has 0 aromatic heterocycles. The Kier molecular flexibility index (Phi) is 5.14. The summed E-state index contributed by atoms with van der Waals surface area (Å²) < 4.78 is 0. The van der Waals surface area contributed by atoms with Crippen LogP contribution in [-0.4, -0.2) is 29.6 Å². The van der Waals surface area contributed by atoms with Crippen LogP contribution in [0.5, 0.6) is 0 Å². The van der Waals surface area contributed by atoms with Crippen molar-refractivity contribution >= 4 is 11.9 Å². The first-order chi connectivity index (χ1) is 8.35. The quantitative estimate of drug-likeness (QED) is 0.607. The van der Waals surface area contributed by atoms with Crippen LogP contribution in [0.3, 0.4) is 0 Å². The van der Waals surface area contributed by atoms with Gasteiger partial charge in [-0.05, 0) is 43.6 Å². The highest BCUT2D eigenvalue weighted by Crippen LogP contribution is 2.33. The van der Waals surface area contributed by atoms with Crippen LogP contribution >= 0.6 is 0 Å². The van der Waals surface area contributed by atoms with Gasteiger partial charge in [-0.3, -0.25) is 4.79 Å². The van der Waals surface area contributed by atoms with Crippen LogP contribution in [0, 0.1) is 11.3 Å². The summed E-state index contributed by atoms with van der Waals surface area (Å²) in [6, 6.07) is -0.699. The molecule has 0 saturated heterocycles. The van der Waals surface area contributed by atoms with E-state index >= 15 is 0 Å². The van der Waals surface area contributed by atoms with E-state index in [1.807, 2.05) is 0 Å². The zero-order chi connectivity index (χ0) is 13.8. The van der Waals surface area contributed by atoms with Gasteiger partial charge >= 0.3 is 5.97 Å². The number of rotatable bonds is 8. The summed E-state index contributed by atoms with van der Waals surface area (Å²) in [4.78, 5) is 22.7. The Morgan fingerprint density at radius 2 is 2.00 bits per heavy atom. The Labute approximate surface area is 108 Å². The molecular formula is C13H24N2O3. The minimum Gasteiger partial charge on any atom is -0.480 e. The van der Waals surface area contributed by atoms with Gasteiger partial charge in [-0.25, -0.2) is 4.79 Å². The molecule has 0 bridgehead atoms. The summed E-state index contributed by atoms with van der Waals surface area (Å²) in [7, 11) is 0. The number of aliphatic carboxylic acids is 1. The molecule has 4 N–H and O–H groups in total. The molecule has 1 aliphatic carbocycles. The van der Waals surface area contributed by atoms with E-state index in [2.05, 4.69) is 19.2 Å². The molecule has 0 heterocycles. The summed E-state index contributed by atoms with van der Waals surface area (Å²) in [5.74, 6) is -0.963. The van der Waals surface area contributed by atoms with Crippen LogP contribution in [0.25, 0.3) is 0 Å². The van der Waals surface area contributed by atoms with Gasteiger partial charge in [0.2, 0.25) is 5.91 Å². The van der Waals surface area contributed by atoms with Crippen LogP contribution < -0.4 is 11.1 Å². The van der Waals surface area contributed by atoms with Gasteiger partial charge in [0.15, 0.2) is 0 Å². The van der Waals surface area contributed by atoms with E-state index in [1.165, 1.54) is 0 Å². The fourth-order valence-corrected chi connectivity index (χ4v) is 2.02. The second-order valence-corrected chi connectivity index (χ2v) is 5.92. The second kappa shape index (κ2) is 6.18.